The van der Waals surface area contributed by atoms with Crippen LogP contribution >= 0.6 is 24.0 Å². The molecule has 5 nitrogen and oxygen atoms in total. The summed E-state index contributed by atoms with van der Waals surface area (Å²) < 4.78 is 10.5. The van der Waals surface area contributed by atoms with E-state index in [4.69, 9.17) is 9.15 Å². The van der Waals surface area contributed by atoms with E-state index in [-0.39, 0.29) is 24.0 Å². The number of halogens is 1. The van der Waals surface area contributed by atoms with Crippen molar-refractivity contribution in [3.05, 3.63) is 54.0 Å². The lowest BCUT2D eigenvalue weighted by Crippen LogP contribution is -2.37. The Bertz CT molecular complexity index is 600. The van der Waals surface area contributed by atoms with Gasteiger partial charge in [-0.05, 0) is 49.6 Å². The Morgan fingerprint density at radius 3 is 2.79 bits per heavy atom. The second kappa shape index (κ2) is 11.8. The molecular formula is C18H26IN3O2. The summed E-state index contributed by atoms with van der Waals surface area (Å²) >= 11 is 0. The van der Waals surface area contributed by atoms with Crippen molar-refractivity contribution in [3.63, 3.8) is 0 Å². The van der Waals surface area contributed by atoms with Gasteiger partial charge in [0.05, 0.1) is 13.4 Å². The monoisotopic (exact) mass is 443 g/mol. The number of aliphatic imine (C=N–C) groups is 1. The van der Waals surface area contributed by atoms with Crippen molar-refractivity contribution in [2.75, 3.05) is 20.2 Å². The number of nitrogens with one attached hydrogen (secondary N) is 2. The van der Waals surface area contributed by atoms with Crippen LogP contribution < -0.4 is 15.4 Å². The molecule has 0 saturated heterocycles. The highest BCUT2D eigenvalue weighted by molar-refractivity contribution is 14.0. The maximum Gasteiger partial charge on any atom is 0.191 e. The molecule has 0 fully saturated rings. The van der Waals surface area contributed by atoms with E-state index in [0.717, 1.165) is 43.4 Å². The zero-order valence-corrected chi connectivity index (χ0v) is 16.6. The van der Waals surface area contributed by atoms with Gasteiger partial charge in [0, 0.05) is 13.1 Å². The highest BCUT2D eigenvalue weighted by atomic mass is 127. The fraction of sp³-hybridized carbons (Fsp3) is 0.389. The zero-order valence-electron chi connectivity index (χ0n) is 14.2. The van der Waals surface area contributed by atoms with Crippen LogP contribution in [-0.2, 0) is 13.0 Å². The Balaban J connectivity index is 0.00000288. The van der Waals surface area contributed by atoms with Gasteiger partial charge in [-0.2, -0.15) is 0 Å². The predicted octanol–water partition coefficient (Wildman–Crippen LogP) is 3.59. The average molecular weight is 443 g/mol. The molecule has 24 heavy (non-hydrogen) atoms. The van der Waals surface area contributed by atoms with Crippen LogP contribution in [0, 0.1) is 0 Å². The minimum atomic E-state index is 0. The lowest BCUT2D eigenvalue weighted by Gasteiger charge is -2.11. The normalized spacial score (nSPS) is 10.8. The fourth-order valence-corrected chi connectivity index (χ4v) is 2.23. The number of benzene rings is 1. The van der Waals surface area contributed by atoms with Gasteiger partial charge in [0.1, 0.15) is 18.1 Å². The third-order valence-electron chi connectivity index (χ3n) is 3.39. The molecule has 1 heterocycles. The van der Waals surface area contributed by atoms with Crippen molar-refractivity contribution in [1.82, 2.24) is 10.6 Å². The van der Waals surface area contributed by atoms with Gasteiger partial charge >= 0.3 is 0 Å². The Kier molecular flexibility index (Phi) is 9.98. The van der Waals surface area contributed by atoms with Crippen molar-refractivity contribution in [2.45, 2.75) is 26.3 Å². The molecule has 0 aliphatic rings. The summed E-state index contributed by atoms with van der Waals surface area (Å²) in [5, 5.41) is 6.59. The molecule has 0 bridgehead atoms. The van der Waals surface area contributed by atoms with Crippen molar-refractivity contribution >= 4 is 29.9 Å². The van der Waals surface area contributed by atoms with Crippen LogP contribution in [0.4, 0.5) is 0 Å². The van der Waals surface area contributed by atoms with E-state index < -0.39 is 0 Å². The fourth-order valence-electron chi connectivity index (χ4n) is 2.23. The molecule has 0 radical (unpaired) electrons. The van der Waals surface area contributed by atoms with Gasteiger partial charge in [-0.3, -0.25) is 0 Å². The third kappa shape index (κ3) is 7.25. The van der Waals surface area contributed by atoms with E-state index in [1.54, 1.807) is 13.4 Å². The van der Waals surface area contributed by atoms with E-state index in [1.165, 1.54) is 5.56 Å². The molecule has 1 aromatic heterocycles. The summed E-state index contributed by atoms with van der Waals surface area (Å²) in [6.45, 7) is 4.29. The molecule has 132 valence electrons. The Morgan fingerprint density at radius 1 is 1.21 bits per heavy atom. The largest absolute Gasteiger partial charge is 0.497 e. The van der Waals surface area contributed by atoms with E-state index in [0.29, 0.717) is 6.54 Å². The number of hydrogen-bond donors (Lipinski definition) is 2. The van der Waals surface area contributed by atoms with Crippen LogP contribution in [0.5, 0.6) is 5.75 Å². The number of guanidine groups is 1. The summed E-state index contributed by atoms with van der Waals surface area (Å²) in [7, 11) is 1.69. The van der Waals surface area contributed by atoms with Crippen LogP contribution in [0.3, 0.4) is 0 Å². The number of rotatable bonds is 8. The summed E-state index contributed by atoms with van der Waals surface area (Å²) in [6, 6.07) is 12.0. The molecule has 2 N–H and O–H groups in total. The van der Waals surface area contributed by atoms with Crippen molar-refractivity contribution in [2.24, 2.45) is 4.99 Å². The number of ether oxygens (including phenoxy) is 1. The first-order valence-corrected chi connectivity index (χ1v) is 7.99. The van der Waals surface area contributed by atoms with Gasteiger partial charge in [0.15, 0.2) is 5.96 Å². The first-order valence-electron chi connectivity index (χ1n) is 7.99. The second-order valence-corrected chi connectivity index (χ2v) is 5.16. The SMILES string of the molecule is CCNC(=NCc1ccco1)NCCCc1cccc(OC)c1.I. The summed E-state index contributed by atoms with van der Waals surface area (Å²) in [6.07, 6.45) is 3.69. The smallest absolute Gasteiger partial charge is 0.191 e. The van der Waals surface area contributed by atoms with E-state index >= 15 is 0 Å². The van der Waals surface area contributed by atoms with Crippen LogP contribution in [0.1, 0.15) is 24.7 Å². The van der Waals surface area contributed by atoms with Crippen LogP contribution in [-0.4, -0.2) is 26.2 Å². The number of aryl methyl sites for hydroxylation is 1. The molecule has 0 amide bonds. The minimum Gasteiger partial charge on any atom is -0.497 e. The quantitative estimate of drug-likeness (QED) is 0.283. The van der Waals surface area contributed by atoms with Gasteiger partial charge in [0.2, 0.25) is 0 Å². The molecule has 6 heteroatoms. The Morgan fingerprint density at radius 2 is 2.08 bits per heavy atom. The molecule has 2 rings (SSSR count). The first kappa shape index (κ1) is 20.3. The molecule has 0 saturated carbocycles. The van der Waals surface area contributed by atoms with Gasteiger partial charge in [-0.1, -0.05) is 12.1 Å². The first-order chi connectivity index (χ1) is 11.3. The number of furan rings is 1. The van der Waals surface area contributed by atoms with Gasteiger partial charge < -0.3 is 19.8 Å². The highest BCUT2D eigenvalue weighted by Crippen LogP contribution is 2.13. The van der Waals surface area contributed by atoms with Crippen LogP contribution in [0.25, 0.3) is 0 Å². The number of nitrogens with zero attached hydrogens (tertiary/aromatic N) is 1. The average Bonchev–Trinajstić information content (AvgIpc) is 3.10. The number of methoxy groups -OCH3 is 1. The van der Waals surface area contributed by atoms with Crippen molar-refractivity contribution < 1.29 is 9.15 Å². The summed E-state index contributed by atoms with van der Waals surface area (Å²) in [5.74, 6) is 2.58. The van der Waals surface area contributed by atoms with Crippen LogP contribution in [0.15, 0.2) is 52.1 Å². The molecule has 2 aromatic rings. The topological polar surface area (TPSA) is 58.8 Å². The van der Waals surface area contributed by atoms with E-state index in [2.05, 4.69) is 34.7 Å². The number of hydrogen-bond acceptors (Lipinski definition) is 3. The molecular weight excluding hydrogens is 417 g/mol. The van der Waals surface area contributed by atoms with E-state index in [9.17, 15) is 0 Å². The Labute approximate surface area is 160 Å². The minimum absolute atomic E-state index is 0. The molecule has 0 unspecified atom stereocenters. The van der Waals surface area contributed by atoms with E-state index in [1.807, 2.05) is 24.3 Å². The molecule has 1 aromatic carbocycles. The molecule has 0 aliphatic heterocycles. The lowest BCUT2D eigenvalue weighted by atomic mass is 10.1. The maximum absolute atomic E-state index is 5.29. The Hall–Kier alpha value is -1.70. The molecule has 0 spiro atoms. The van der Waals surface area contributed by atoms with Crippen LogP contribution in [0.2, 0.25) is 0 Å². The zero-order chi connectivity index (χ0) is 16.3. The summed E-state index contributed by atoms with van der Waals surface area (Å²) in [4.78, 5) is 4.51. The van der Waals surface area contributed by atoms with Gasteiger partial charge in [-0.25, -0.2) is 4.99 Å². The maximum atomic E-state index is 5.29. The van der Waals surface area contributed by atoms with Gasteiger partial charge in [0.25, 0.3) is 0 Å². The molecule has 0 aliphatic carbocycles. The highest BCUT2D eigenvalue weighted by Gasteiger charge is 2.00. The lowest BCUT2D eigenvalue weighted by molar-refractivity contribution is 0.414. The molecule has 0 atom stereocenters. The third-order valence-corrected chi connectivity index (χ3v) is 3.39. The van der Waals surface area contributed by atoms with Gasteiger partial charge in [-0.15, -0.1) is 24.0 Å². The summed E-state index contributed by atoms with van der Waals surface area (Å²) in [5.41, 5.74) is 1.28. The van der Waals surface area contributed by atoms with Crippen molar-refractivity contribution in [1.29, 1.82) is 0 Å². The van der Waals surface area contributed by atoms with Crippen molar-refractivity contribution in [3.8, 4) is 5.75 Å². The standard InChI is InChI=1S/C18H25N3O2.HI/c1-3-19-18(21-14-17-10-6-12-23-17)20-11-5-8-15-7-4-9-16(13-15)22-2;/h4,6-7,9-10,12-13H,3,5,8,11,14H2,1-2H3,(H2,19,20,21);1H. The second-order valence-electron chi connectivity index (χ2n) is 5.16. The predicted molar refractivity (Wildman–Crippen MR) is 108 cm³/mol.